The summed E-state index contributed by atoms with van der Waals surface area (Å²) in [6, 6.07) is 6.98. The van der Waals surface area contributed by atoms with Crippen LogP contribution in [0.4, 0.5) is 0 Å². The molecule has 2 N–H and O–H groups in total. The monoisotopic (exact) mass is 408 g/mol. The van der Waals surface area contributed by atoms with Gasteiger partial charge in [0.2, 0.25) is 0 Å². The maximum absolute atomic E-state index is 12.0. The number of nitrogens with one attached hydrogen (secondary N) is 1. The third-order valence-electron chi connectivity index (χ3n) is 3.58. The molecule has 0 bridgehead atoms. The van der Waals surface area contributed by atoms with E-state index in [-0.39, 0.29) is 5.78 Å². The number of ketones is 1. The van der Waals surface area contributed by atoms with Gasteiger partial charge in [0.15, 0.2) is 11.9 Å². The van der Waals surface area contributed by atoms with Gasteiger partial charge < -0.3 is 10.4 Å². The fourth-order valence-corrected chi connectivity index (χ4v) is 2.68. The number of aliphatic hydroxyl groups excluding tert-OH is 1. The smallest absolute Gasteiger partial charge is 0.253 e. The molecule has 1 amide bonds. The first-order valence-electron chi connectivity index (χ1n) is 8.16. The molecule has 0 aliphatic heterocycles. The first-order chi connectivity index (χ1) is 12.0. The van der Waals surface area contributed by atoms with E-state index in [9.17, 15) is 14.7 Å². The second-order valence-corrected chi connectivity index (χ2v) is 6.56. The van der Waals surface area contributed by atoms with Crippen LogP contribution in [-0.4, -0.2) is 38.3 Å². The number of carbonyl (C=O) groups excluding carboxylic acids is 2. The lowest BCUT2D eigenvalue weighted by molar-refractivity contribution is -0.129. The molecule has 7 nitrogen and oxygen atoms in total. The Labute approximate surface area is 154 Å². The van der Waals surface area contributed by atoms with Crippen LogP contribution in [0.3, 0.4) is 0 Å². The van der Waals surface area contributed by atoms with E-state index in [0.717, 1.165) is 10.9 Å². The van der Waals surface area contributed by atoms with Crippen LogP contribution in [0.1, 0.15) is 48.3 Å². The number of hydrogen-bond acceptors (Lipinski definition) is 5. The number of nitrogens with zero attached hydrogens (tertiary/aromatic N) is 3. The third kappa shape index (κ3) is 5.75. The van der Waals surface area contributed by atoms with Crippen LogP contribution in [-0.2, 0) is 11.3 Å². The van der Waals surface area contributed by atoms with Crippen LogP contribution in [0.25, 0.3) is 0 Å². The average Bonchev–Trinajstić information content (AvgIpc) is 3.07. The van der Waals surface area contributed by atoms with Crippen molar-refractivity contribution in [2.75, 3.05) is 6.54 Å². The molecule has 134 valence electrons. The van der Waals surface area contributed by atoms with Gasteiger partial charge in [-0.05, 0) is 30.5 Å². The number of amides is 1. The van der Waals surface area contributed by atoms with E-state index < -0.39 is 12.0 Å². The molecule has 8 heteroatoms. The Morgan fingerprint density at radius 1 is 1.40 bits per heavy atom. The minimum absolute atomic E-state index is 0.0146. The first-order valence-corrected chi connectivity index (χ1v) is 8.95. The van der Waals surface area contributed by atoms with Crippen molar-refractivity contribution in [3.63, 3.8) is 0 Å². The summed E-state index contributed by atoms with van der Waals surface area (Å²) >= 11 is 3.31. The summed E-state index contributed by atoms with van der Waals surface area (Å²) in [5.41, 5.74) is 0.901. The maximum Gasteiger partial charge on any atom is 0.253 e. The summed E-state index contributed by atoms with van der Waals surface area (Å²) in [4.78, 5) is 23.7. The molecule has 1 heterocycles. The SMILES string of the molecule is CCCC(=O)c1cn(CCCNC(=O)C(O)c2cccc(Br)c2)nn1. The summed E-state index contributed by atoms with van der Waals surface area (Å²) in [5, 5.41) is 20.5. The summed E-state index contributed by atoms with van der Waals surface area (Å²) in [6.07, 6.45) is 2.26. The zero-order chi connectivity index (χ0) is 18.2. The van der Waals surface area contributed by atoms with Crippen molar-refractivity contribution < 1.29 is 14.7 Å². The Morgan fingerprint density at radius 3 is 2.92 bits per heavy atom. The van der Waals surface area contributed by atoms with E-state index in [0.29, 0.717) is 37.2 Å². The van der Waals surface area contributed by atoms with E-state index >= 15 is 0 Å². The summed E-state index contributed by atoms with van der Waals surface area (Å²) in [7, 11) is 0. The largest absolute Gasteiger partial charge is 0.378 e. The number of Topliss-reactive ketones (excluding diaryl/α,β-unsaturated/α-hetero) is 1. The van der Waals surface area contributed by atoms with E-state index in [2.05, 4.69) is 31.6 Å². The van der Waals surface area contributed by atoms with Crippen LogP contribution < -0.4 is 5.32 Å². The highest BCUT2D eigenvalue weighted by molar-refractivity contribution is 9.10. The fraction of sp³-hybridized carbons (Fsp3) is 0.412. The van der Waals surface area contributed by atoms with Gasteiger partial charge in [-0.25, -0.2) is 0 Å². The number of benzene rings is 1. The lowest BCUT2D eigenvalue weighted by Crippen LogP contribution is -2.30. The molecule has 0 saturated carbocycles. The van der Waals surface area contributed by atoms with Gasteiger partial charge >= 0.3 is 0 Å². The lowest BCUT2D eigenvalue weighted by atomic mass is 10.1. The third-order valence-corrected chi connectivity index (χ3v) is 4.07. The van der Waals surface area contributed by atoms with Gasteiger partial charge in [-0.3, -0.25) is 14.3 Å². The molecular weight excluding hydrogens is 388 g/mol. The van der Waals surface area contributed by atoms with Crippen LogP contribution in [0.5, 0.6) is 0 Å². The number of aryl methyl sites for hydroxylation is 1. The van der Waals surface area contributed by atoms with Gasteiger partial charge in [-0.15, -0.1) is 5.10 Å². The second-order valence-electron chi connectivity index (χ2n) is 5.64. The van der Waals surface area contributed by atoms with Crippen molar-refractivity contribution in [1.82, 2.24) is 20.3 Å². The van der Waals surface area contributed by atoms with E-state index in [1.54, 1.807) is 29.1 Å². The predicted molar refractivity (Wildman–Crippen MR) is 96.0 cm³/mol. The number of carbonyl (C=O) groups is 2. The molecule has 1 aromatic heterocycles. The predicted octanol–water partition coefficient (Wildman–Crippen LogP) is 2.26. The maximum atomic E-state index is 12.0. The molecule has 1 unspecified atom stereocenters. The number of halogens is 1. The lowest BCUT2D eigenvalue weighted by Gasteiger charge is -2.12. The van der Waals surface area contributed by atoms with Gasteiger partial charge in [0.05, 0.1) is 6.20 Å². The molecule has 2 aromatic rings. The Hall–Kier alpha value is -2.06. The van der Waals surface area contributed by atoms with Gasteiger partial charge in [0.25, 0.3) is 5.91 Å². The number of hydrogen-bond donors (Lipinski definition) is 2. The number of aliphatic hydroxyl groups is 1. The highest BCUT2D eigenvalue weighted by Crippen LogP contribution is 2.18. The Balaban J connectivity index is 1.75. The summed E-state index contributed by atoms with van der Waals surface area (Å²) in [5.74, 6) is -0.463. The second kappa shape index (κ2) is 9.43. The molecule has 25 heavy (non-hydrogen) atoms. The summed E-state index contributed by atoms with van der Waals surface area (Å²) < 4.78 is 2.39. The van der Waals surface area contributed by atoms with Gasteiger partial charge in [-0.2, -0.15) is 0 Å². The van der Waals surface area contributed by atoms with Gasteiger partial charge in [0, 0.05) is 24.0 Å². The molecular formula is C17H21BrN4O3. The standard InChI is InChI=1S/C17H21BrN4O3/c1-2-5-15(23)14-11-22(21-20-14)9-4-8-19-17(25)16(24)12-6-3-7-13(18)10-12/h3,6-7,10-11,16,24H,2,4-5,8-9H2,1H3,(H,19,25). The van der Waals surface area contributed by atoms with Crippen molar-refractivity contribution in [3.05, 3.63) is 46.2 Å². The Bertz CT molecular complexity index is 732. The topological polar surface area (TPSA) is 97.1 Å². The average molecular weight is 409 g/mol. The van der Waals surface area contributed by atoms with Crippen LogP contribution in [0, 0.1) is 0 Å². The number of rotatable bonds is 9. The molecule has 0 aliphatic rings. The van der Waals surface area contributed by atoms with E-state index in [1.165, 1.54) is 0 Å². The van der Waals surface area contributed by atoms with Crippen molar-refractivity contribution in [2.45, 2.75) is 38.8 Å². The van der Waals surface area contributed by atoms with Crippen molar-refractivity contribution >= 4 is 27.6 Å². The van der Waals surface area contributed by atoms with E-state index in [1.807, 2.05) is 13.0 Å². The van der Waals surface area contributed by atoms with Gasteiger partial charge in [-0.1, -0.05) is 40.2 Å². The summed E-state index contributed by atoms with van der Waals surface area (Å²) in [6.45, 7) is 2.86. The molecule has 0 radical (unpaired) electrons. The van der Waals surface area contributed by atoms with Crippen molar-refractivity contribution in [2.24, 2.45) is 0 Å². The minimum atomic E-state index is -1.21. The van der Waals surface area contributed by atoms with Crippen LogP contribution >= 0.6 is 15.9 Å². The minimum Gasteiger partial charge on any atom is -0.378 e. The highest BCUT2D eigenvalue weighted by atomic mass is 79.9. The quantitative estimate of drug-likeness (QED) is 0.489. The zero-order valence-corrected chi connectivity index (χ0v) is 15.6. The molecule has 0 fully saturated rings. The molecule has 1 aromatic carbocycles. The Morgan fingerprint density at radius 2 is 2.20 bits per heavy atom. The van der Waals surface area contributed by atoms with Crippen molar-refractivity contribution in [3.8, 4) is 0 Å². The molecule has 2 rings (SSSR count). The van der Waals surface area contributed by atoms with Crippen LogP contribution in [0.15, 0.2) is 34.9 Å². The molecule has 1 atom stereocenters. The van der Waals surface area contributed by atoms with Gasteiger partial charge in [0.1, 0.15) is 5.69 Å². The first kappa shape index (κ1) is 19.3. The molecule has 0 aliphatic carbocycles. The molecule has 0 saturated heterocycles. The van der Waals surface area contributed by atoms with Crippen molar-refractivity contribution in [1.29, 1.82) is 0 Å². The molecule has 0 spiro atoms. The van der Waals surface area contributed by atoms with E-state index in [4.69, 9.17) is 0 Å². The normalized spacial score (nSPS) is 12.0. The fourth-order valence-electron chi connectivity index (χ4n) is 2.27. The highest BCUT2D eigenvalue weighted by Gasteiger charge is 2.17. The Kier molecular flexibility index (Phi) is 7.27. The van der Waals surface area contributed by atoms with Crippen LogP contribution in [0.2, 0.25) is 0 Å². The number of aromatic nitrogens is 3. The zero-order valence-electron chi connectivity index (χ0n) is 14.0.